The predicted molar refractivity (Wildman–Crippen MR) is 65.7 cm³/mol. The summed E-state index contributed by atoms with van der Waals surface area (Å²) in [6, 6.07) is 0. The molecule has 1 atom stereocenters. The average molecular weight is 223 g/mol. The third-order valence-electron chi connectivity index (χ3n) is 2.56. The van der Waals surface area contributed by atoms with Crippen molar-refractivity contribution in [3.8, 4) is 5.88 Å². The Morgan fingerprint density at radius 2 is 1.88 bits per heavy atom. The number of hydrogen-bond acceptors (Lipinski definition) is 4. The second kappa shape index (κ2) is 5.14. The first-order chi connectivity index (χ1) is 7.45. The van der Waals surface area contributed by atoms with Gasteiger partial charge in [0, 0.05) is 5.92 Å². The van der Waals surface area contributed by atoms with E-state index in [1.807, 2.05) is 27.7 Å². The van der Waals surface area contributed by atoms with Crippen LogP contribution in [0.1, 0.15) is 51.4 Å². The van der Waals surface area contributed by atoms with Crippen LogP contribution in [-0.4, -0.2) is 16.1 Å². The predicted octanol–water partition coefficient (Wildman–Crippen LogP) is 2.67. The maximum Gasteiger partial charge on any atom is 0.222 e. The maximum atomic E-state index is 5.85. The number of rotatable bonds is 4. The fourth-order valence-electron chi connectivity index (χ4n) is 1.18. The lowest BCUT2D eigenvalue weighted by Crippen LogP contribution is -2.14. The molecular weight excluding hydrogens is 202 g/mol. The summed E-state index contributed by atoms with van der Waals surface area (Å²) in [5.74, 6) is 2.12. The first-order valence-corrected chi connectivity index (χ1v) is 5.76. The number of anilines is 1. The van der Waals surface area contributed by atoms with E-state index < -0.39 is 0 Å². The highest BCUT2D eigenvalue weighted by Crippen LogP contribution is 2.23. The van der Waals surface area contributed by atoms with E-state index in [4.69, 9.17) is 10.5 Å². The zero-order valence-electron chi connectivity index (χ0n) is 10.7. The van der Waals surface area contributed by atoms with E-state index >= 15 is 0 Å². The molecule has 1 aromatic heterocycles. The number of aromatic nitrogens is 2. The van der Waals surface area contributed by atoms with Gasteiger partial charge in [-0.1, -0.05) is 20.8 Å². The summed E-state index contributed by atoms with van der Waals surface area (Å²) in [6.45, 7) is 10.1. The smallest absolute Gasteiger partial charge is 0.222 e. The van der Waals surface area contributed by atoms with Crippen molar-refractivity contribution in [3.63, 3.8) is 0 Å². The number of nitrogens with two attached hydrogens (primary N) is 1. The maximum absolute atomic E-state index is 5.85. The minimum Gasteiger partial charge on any atom is -0.474 e. The van der Waals surface area contributed by atoms with Gasteiger partial charge in [0.2, 0.25) is 5.88 Å². The molecule has 2 N–H and O–H groups in total. The van der Waals surface area contributed by atoms with Crippen LogP contribution < -0.4 is 10.5 Å². The Morgan fingerprint density at radius 1 is 1.25 bits per heavy atom. The van der Waals surface area contributed by atoms with E-state index in [0.29, 0.717) is 11.7 Å². The van der Waals surface area contributed by atoms with Gasteiger partial charge in [0.1, 0.15) is 11.6 Å². The molecule has 0 aromatic carbocycles. The Balaban J connectivity index is 3.06. The third kappa shape index (κ3) is 2.84. The van der Waals surface area contributed by atoms with Gasteiger partial charge in [-0.25, -0.2) is 4.98 Å². The van der Waals surface area contributed by atoms with E-state index in [1.54, 1.807) is 0 Å². The molecule has 1 heterocycles. The Bertz CT molecular complexity index is 364. The van der Waals surface area contributed by atoms with Crippen molar-refractivity contribution in [1.82, 2.24) is 9.97 Å². The molecule has 1 unspecified atom stereocenters. The lowest BCUT2D eigenvalue weighted by Gasteiger charge is -2.16. The quantitative estimate of drug-likeness (QED) is 0.852. The van der Waals surface area contributed by atoms with E-state index in [2.05, 4.69) is 16.9 Å². The lowest BCUT2D eigenvalue weighted by atomic mass is 10.2. The minimum atomic E-state index is 0.146. The molecule has 0 radical (unpaired) electrons. The van der Waals surface area contributed by atoms with Crippen LogP contribution in [0, 0.1) is 6.92 Å². The van der Waals surface area contributed by atoms with E-state index in [9.17, 15) is 0 Å². The lowest BCUT2D eigenvalue weighted by molar-refractivity contribution is 0.206. The van der Waals surface area contributed by atoms with Crippen molar-refractivity contribution in [3.05, 3.63) is 11.4 Å². The zero-order valence-corrected chi connectivity index (χ0v) is 10.7. The van der Waals surface area contributed by atoms with Crippen LogP contribution in [0.3, 0.4) is 0 Å². The molecule has 1 rings (SSSR count). The summed E-state index contributed by atoms with van der Waals surface area (Å²) < 4.78 is 5.73. The van der Waals surface area contributed by atoms with Crippen molar-refractivity contribution in [1.29, 1.82) is 0 Å². The molecule has 16 heavy (non-hydrogen) atoms. The van der Waals surface area contributed by atoms with Crippen LogP contribution in [0.25, 0.3) is 0 Å². The number of nitrogen functional groups attached to an aromatic ring is 1. The second-order valence-electron chi connectivity index (χ2n) is 4.39. The Hall–Kier alpha value is -1.32. The number of hydrogen-bond donors (Lipinski definition) is 1. The SMILES string of the molecule is CCC(C)Oc1nc(C(C)C)nc(N)c1C. The molecule has 0 saturated carbocycles. The summed E-state index contributed by atoms with van der Waals surface area (Å²) in [4.78, 5) is 8.66. The monoisotopic (exact) mass is 223 g/mol. The minimum absolute atomic E-state index is 0.146. The standard InChI is InChI=1S/C12H21N3O/c1-6-8(4)16-12-9(5)10(13)14-11(15-12)7(2)3/h7-8H,6H2,1-5H3,(H2,13,14,15). The average Bonchev–Trinajstić information content (AvgIpc) is 2.23. The summed E-state index contributed by atoms with van der Waals surface area (Å²) in [6.07, 6.45) is 1.09. The van der Waals surface area contributed by atoms with Gasteiger partial charge in [-0.3, -0.25) is 0 Å². The molecular formula is C12H21N3O. The van der Waals surface area contributed by atoms with Crippen molar-refractivity contribution >= 4 is 5.82 Å². The highest BCUT2D eigenvalue weighted by molar-refractivity contribution is 5.44. The van der Waals surface area contributed by atoms with Crippen LogP contribution in [-0.2, 0) is 0 Å². The molecule has 1 aromatic rings. The summed E-state index contributed by atoms with van der Waals surface area (Å²) in [5.41, 5.74) is 6.67. The molecule has 4 heteroatoms. The van der Waals surface area contributed by atoms with Crippen molar-refractivity contribution < 1.29 is 4.74 Å². The Kier molecular flexibility index (Phi) is 4.10. The van der Waals surface area contributed by atoms with Crippen LogP contribution in [0.15, 0.2) is 0 Å². The molecule has 0 bridgehead atoms. The summed E-state index contributed by atoms with van der Waals surface area (Å²) >= 11 is 0. The molecule has 0 saturated heterocycles. The van der Waals surface area contributed by atoms with Gasteiger partial charge in [-0.05, 0) is 20.3 Å². The van der Waals surface area contributed by atoms with Gasteiger partial charge >= 0.3 is 0 Å². The van der Waals surface area contributed by atoms with Crippen molar-refractivity contribution in [2.24, 2.45) is 0 Å². The molecule has 0 amide bonds. The zero-order chi connectivity index (χ0) is 12.3. The second-order valence-corrected chi connectivity index (χ2v) is 4.39. The van der Waals surface area contributed by atoms with Gasteiger partial charge in [0.25, 0.3) is 0 Å². The first-order valence-electron chi connectivity index (χ1n) is 5.76. The fourth-order valence-corrected chi connectivity index (χ4v) is 1.18. The van der Waals surface area contributed by atoms with Crippen LogP contribution in [0.2, 0.25) is 0 Å². The number of nitrogens with zero attached hydrogens (tertiary/aromatic N) is 2. The van der Waals surface area contributed by atoms with E-state index in [-0.39, 0.29) is 12.0 Å². The summed E-state index contributed by atoms with van der Waals surface area (Å²) in [7, 11) is 0. The molecule has 0 aliphatic heterocycles. The van der Waals surface area contributed by atoms with Crippen molar-refractivity contribution in [2.45, 2.75) is 53.1 Å². The Labute approximate surface area is 97.2 Å². The fraction of sp³-hybridized carbons (Fsp3) is 0.667. The third-order valence-corrected chi connectivity index (χ3v) is 2.56. The molecule has 0 aliphatic carbocycles. The van der Waals surface area contributed by atoms with Crippen LogP contribution >= 0.6 is 0 Å². The van der Waals surface area contributed by atoms with Gasteiger partial charge in [0.15, 0.2) is 0 Å². The van der Waals surface area contributed by atoms with E-state index in [0.717, 1.165) is 17.8 Å². The highest BCUT2D eigenvalue weighted by Gasteiger charge is 2.13. The summed E-state index contributed by atoms with van der Waals surface area (Å²) in [5, 5.41) is 0. The number of ether oxygens (including phenoxy) is 1. The van der Waals surface area contributed by atoms with Crippen LogP contribution in [0.4, 0.5) is 5.82 Å². The topological polar surface area (TPSA) is 61.0 Å². The molecule has 4 nitrogen and oxygen atoms in total. The molecule has 0 spiro atoms. The Morgan fingerprint density at radius 3 is 2.38 bits per heavy atom. The molecule has 0 fully saturated rings. The van der Waals surface area contributed by atoms with Gasteiger partial charge in [0.05, 0.1) is 11.7 Å². The normalized spacial score (nSPS) is 12.9. The largest absolute Gasteiger partial charge is 0.474 e. The van der Waals surface area contributed by atoms with Gasteiger partial charge in [-0.15, -0.1) is 0 Å². The van der Waals surface area contributed by atoms with Gasteiger partial charge in [-0.2, -0.15) is 4.98 Å². The van der Waals surface area contributed by atoms with Crippen LogP contribution in [0.5, 0.6) is 5.88 Å². The first kappa shape index (κ1) is 12.7. The molecule has 0 aliphatic rings. The van der Waals surface area contributed by atoms with Crippen molar-refractivity contribution in [2.75, 3.05) is 5.73 Å². The van der Waals surface area contributed by atoms with E-state index in [1.165, 1.54) is 0 Å². The molecule has 90 valence electrons. The highest BCUT2D eigenvalue weighted by atomic mass is 16.5. The van der Waals surface area contributed by atoms with Gasteiger partial charge < -0.3 is 10.5 Å².